The predicted octanol–water partition coefficient (Wildman–Crippen LogP) is 2.48. The standard InChI is InChI=1S/C19H25ClN5O3/c1-4-14(13-6-5-8-23(13)2)28-17-15-16(21-18(20)22-17)25(19(26)24(15)3)10-12-7-9-27-11-12/h4,10,12-14H,1,5-9,11H2,2-3H3/q+1/b25-10+/t12?,13-,14-/m0/s1. The fourth-order valence-electron chi connectivity index (χ4n) is 4.07. The Bertz CT molecular complexity index is 824. The third kappa shape index (κ3) is 3.40. The molecule has 150 valence electrons. The highest BCUT2D eigenvalue weighted by molar-refractivity contribution is 6.28. The van der Waals surface area contributed by atoms with E-state index in [1.54, 1.807) is 13.1 Å². The molecule has 0 radical (unpaired) electrons. The van der Waals surface area contributed by atoms with Crippen molar-refractivity contribution in [1.82, 2.24) is 14.9 Å². The Balaban J connectivity index is 1.70. The van der Waals surface area contributed by atoms with E-state index in [0.29, 0.717) is 30.6 Å². The van der Waals surface area contributed by atoms with Crippen LogP contribution in [-0.2, 0) is 4.74 Å². The van der Waals surface area contributed by atoms with Crippen LogP contribution in [0.25, 0.3) is 0 Å². The maximum Gasteiger partial charge on any atom is 0.448 e. The molecule has 0 aliphatic carbocycles. The highest BCUT2D eigenvalue weighted by atomic mass is 35.5. The Morgan fingerprint density at radius 1 is 1.39 bits per heavy atom. The van der Waals surface area contributed by atoms with Gasteiger partial charge < -0.3 is 9.47 Å². The van der Waals surface area contributed by atoms with Gasteiger partial charge in [0.1, 0.15) is 6.10 Å². The number of hydrogen-bond acceptors (Lipinski definition) is 6. The Kier molecular flexibility index (Phi) is 5.35. The zero-order valence-electron chi connectivity index (χ0n) is 16.2. The summed E-state index contributed by atoms with van der Waals surface area (Å²) in [5.41, 5.74) is 0.525. The van der Waals surface area contributed by atoms with E-state index >= 15 is 0 Å². The second kappa shape index (κ2) is 7.77. The number of hydrogen-bond donors (Lipinski definition) is 0. The number of aromatic nitrogens is 2. The first kappa shape index (κ1) is 19.3. The molecule has 3 aliphatic rings. The van der Waals surface area contributed by atoms with Gasteiger partial charge in [0, 0.05) is 12.5 Å². The largest absolute Gasteiger partial charge is 0.466 e. The monoisotopic (exact) mass is 406 g/mol. The number of nitrogens with zero attached hydrogens (tertiary/aromatic N) is 5. The lowest BCUT2D eigenvalue weighted by Crippen LogP contribution is -2.39. The van der Waals surface area contributed by atoms with E-state index in [9.17, 15) is 4.79 Å². The summed E-state index contributed by atoms with van der Waals surface area (Å²) in [6, 6.07) is -0.000871. The van der Waals surface area contributed by atoms with Crippen molar-refractivity contribution in [3.05, 3.63) is 17.9 Å². The van der Waals surface area contributed by atoms with Gasteiger partial charge in [0.05, 0.1) is 25.9 Å². The summed E-state index contributed by atoms with van der Waals surface area (Å²) in [6.45, 7) is 6.24. The fourth-order valence-corrected chi connectivity index (χ4v) is 4.23. The van der Waals surface area contributed by atoms with Crippen molar-refractivity contribution in [1.29, 1.82) is 0 Å². The molecule has 1 aromatic rings. The van der Waals surface area contributed by atoms with Crippen LogP contribution >= 0.6 is 11.6 Å². The third-order valence-electron chi connectivity index (χ3n) is 5.62. The van der Waals surface area contributed by atoms with Crippen LogP contribution in [0.1, 0.15) is 19.3 Å². The summed E-state index contributed by atoms with van der Waals surface area (Å²) >= 11 is 6.19. The van der Waals surface area contributed by atoms with Crippen molar-refractivity contribution < 1.29 is 18.8 Å². The molecule has 0 bridgehead atoms. The second-order valence-corrected chi connectivity index (χ2v) is 7.80. The Labute approximate surface area is 169 Å². The van der Waals surface area contributed by atoms with E-state index in [4.69, 9.17) is 21.1 Å². The molecule has 28 heavy (non-hydrogen) atoms. The summed E-state index contributed by atoms with van der Waals surface area (Å²) in [5.74, 6) is 0.904. The number of likely N-dealkylation sites (tertiary alicyclic amines) is 1. The third-order valence-corrected chi connectivity index (χ3v) is 5.79. The van der Waals surface area contributed by atoms with Gasteiger partial charge in [-0.3, -0.25) is 4.90 Å². The highest BCUT2D eigenvalue weighted by Gasteiger charge is 2.44. The van der Waals surface area contributed by atoms with Crippen LogP contribution in [-0.4, -0.2) is 77.7 Å². The van der Waals surface area contributed by atoms with Crippen molar-refractivity contribution in [2.24, 2.45) is 5.92 Å². The van der Waals surface area contributed by atoms with Crippen LogP contribution in [0, 0.1) is 5.92 Å². The smallest absolute Gasteiger partial charge is 0.448 e. The van der Waals surface area contributed by atoms with Gasteiger partial charge in [-0.05, 0) is 50.5 Å². The molecule has 0 aromatic carbocycles. The first-order chi connectivity index (χ1) is 13.5. The molecular weight excluding hydrogens is 382 g/mol. The minimum atomic E-state index is -0.257. The first-order valence-electron chi connectivity index (χ1n) is 9.56. The molecule has 1 aromatic heterocycles. The normalized spacial score (nSPS) is 27.5. The van der Waals surface area contributed by atoms with Gasteiger partial charge in [-0.1, -0.05) is 11.6 Å². The molecular formula is C19H25ClN5O3+. The van der Waals surface area contributed by atoms with Crippen molar-refractivity contribution in [2.45, 2.75) is 31.4 Å². The maximum atomic E-state index is 12.9. The van der Waals surface area contributed by atoms with Crippen molar-refractivity contribution in [2.75, 3.05) is 38.8 Å². The Morgan fingerprint density at radius 3 is 2.86 bits per heavy atom. The van der Waals surface area contributed by atoms with Crippen LogP contribution < -0.4 is 9.64 Å². The molecule has 8 nitrogen and oxygen atoms in total. The number of halogens is 1. The lowest BCUT2D eigenvalue weighted by atomic mass is 10.1. The summed E-state index contributed by atoms with van der Waals surface area (Å²) in [6.07, 6.45) is 6.39. The predicted molar refractivity (Wildman–Crippen MR) is 106 cm³/mol. The van der Waals surface area contributed by atoms with Crippen LogP contribution in [0.4, 0.5) is 16.3 Å². The highest BCUT2D eigenvalue weighted by Crippen LogP contribution is 2.41. The number of ether oxygens (including phenoxy) is 2. The molecule has 2 fully saturated rings. The maximum absolute atomic E-state index is 12.9. The zero-order valence-corrected chi connectivity index (χ0v) is 16.9. The van der Waals surface area contributed by atoms with E-state index in [1.165, 1.54) is 9.48 Å². The Morgan fingerprint density at radius 2 is 2.21 bits per heavy atom. The van der Waals surface area contributed by atoms with Gasteiger partial charge in [0.15, 0.2) is 0 Å². The second-order valence-electron chi connectivity index (χ2n) is 7.46. The first-order valence-corrected chi connectivity index (χ1v) is 9.94. The summed E-state index contributed by atoms with van der Waals surface area (Å²) in [5, 5.41) is 0.0421. The number of anilines is 1. The van der Waals surface area contributed by atoms with Crippen molar-refractivity contribution in [3.63, 3.8) is 0 Å². The number of likely N-dealkylation sites (N-methyl/N-ethyl adjacent to an activating group) is 1. The van der Waals surface area contributed by atoms with Gasteiger partial charge >= 0.3 is 17.1 Å². The Hall–Kier alpha value is -2.03. The van der Waals surface area contributed by atoms with Crippen molar-refractivity contribution >= 4 is 35.4 Å². The minimum Gasteiger partial charge on any atom is -0.466 e. The van der Waals surface area contributed by atoms with E-state index in [-0.39, 0.29) is 29.4 Å². The van der Waals surface area contributed by atoms with E-state index in [2.05, 4.69) is 28.5 Å². The number of urea groups is 1. The molecule has 9 heteroatoms. The van der Waals surface area contributed by atoms with Crippen LogP contribution in [0.3, 0.4) is 0 Å². The molecule has 0 spiro atoms. The number of carbonyl (C=O) groups is 1. The quantitative estimate of drug-likeness (QED) is 0.425. The SMILES string of the molecule is C=C[C@H](Oc1nc(Cl)nc2c1N(C)C(=O)/[N+]2=C/C1CCOC1)[C@@H]1CCCN1C. The topological polar surface area (TPSA) is 70.8 Å². The number of amides is 2. The zero-order chi connectivity index (χ0) is 19.8. The van der Waals surface area contributed by atoms with Crippen LogP contribution in [0.2, 0.25) is 5.28 Å². The minimum absolute atomic E-state index is 0.0421. The van der Waals surface area contributed by atoms with E-state index < -0.39 is 0 Å². The van der Waals surface area contributed by atoms with E-state index in [0.717, 1.165) is 25.8 Å². The fraction of sp³-hybridized carbons (Fsp3) is 0.579. The molecule has 0 N–H and O–H groups in total. The van der Waals surface area contributed by atoms with Gasteiger partial charge in [0.25, 0.3) is 5.88 Å². The van der Waals surface area contributed by atoms with Gasteiger partial charge in [-0.25, -0.2) is 9.69 Å². The van der Waals surface area contributed by atoms with Crippen LogP contribution in [0.15, 0.2) is 12.7 Å². The van der Waals surface area contributed by atoms with Gasteiger partial charge in [-0.15, -0.1) is 0 Å². The summed E-state index contributed by atoms with van der Waals surface area (Å²) in [4.78, 5) is 25.2. The van der Waals surface area contributed by atoms with Gasteiger partial charge in [-0.2, -0.15) is 9.56 Å². The molecule has 2 amide bonds. The van der Waals surface area contributed by atoms with Gasteiger partial charge in [0.2, 0.25) is 5.69 Å². The molecule has 0 saturated carbocycles. The van der Waals surface area contributed by atoms with E-state index in [1.807, 2.05) is 6.21 Å². The lowest BCUT2D eigenvalue weighted by molar-refractivity contribution is -0.324. The number of rotatable bonds is 5. The molecule has 3 atom stereocenters. The lowest BCUT2D eigenvalue weighted by Gasteiger charge is -2.27. The summed E-state index contributed by atoms with van der Waals surface area (Å²) in [7, 11) is 3.76. The average Bonchev–Trinajstić information content (AvgIpc) is 3.38. The van der Waals surface area contributed by atoms with Crippen molar-refractivity contribution in [3.8, 4) is 5.88 Å². The number of fused-ring (bicyclic) bond motifs is 1. The number of carbonyl (C=O) groups excluding carboxylic acids is 1. The molecule has 3 aliphatic heterocycles. The molecule has 4 rings (SSSR count). The average molecular weight is 407 g/mol. The van der Waals surface area contributed by atoms with Crippen LogP contribution in [0.5, 0.6) is 5.88 Å². The molecule has 1 unspecified atom stereocenters. The summed E-state index contributed by atoms with van der Waals surface area (Å²) < 4.78 is 13.2. The molecule has 4 heterocycles. The molecule has 2 saturated heterocycles.